The van der Waals surface area contributed by atoms with Crippen LogP contribution < -0.4 is 0 Å². The number of carbonyl (C=O) groups excluding carboxylic acids is 2. The summed E-state index contributed by atoms with van der Waals surface area (Å²) in [7, 11) is -2.62. The van der Waals surface area contributed by atoms with Crippen LogP contribution in [0.3, 0.4) is 0 Å². The quantitative estimate of drug-likeness (QED) is 0.441. The minimum absolute atomic E-state index is 0.106. The molecule has 0 bridgehead atoms. The standard InChI is InChI=1S/C13H25O8P/c1-7-19-22(16,17-6)21-11(5)13(15)18-8-10(4)20-12(14)9(2)3/h9-11H,7-8H2,1-6H3. The second kappa shape index (κ2) is 9.94. The summed E-state index contributed by atoms with van der Waals surface area (Å²) < 4.78 is 36.3. The predicted octanol–water partition coefficient (Wildman–Crippen LogP) is 2.31. The van der Waals surface area contributed by atoms with E-state index in [9.17, 15) is 14.2 Å². The van der Waals surface area contributed by atoms with Gasteiger partial charge in [-0.2, -0.15) is 0 Å². The fourth-order valence-electron chi connectivity index (χ4n) is 1.21. The van der Waals surface area contributed by atoms with E-state index < -0.39 is 26.0 Å². The summed E-state index contributed by atoms with van der Waals surface area (Å²) in [5, 5.41) is 0. The van der Waals surface area contributed by atoms with E-state index in [0.717, 1.165) is 7.11 Å². The average molecular weight is 340 g/mol. The van der Waals surface area contributed by atoms with Crippen LogP contribution >= 0.6 is 7.82 Å². The monoisotopic (exact) mass is 340 g/mol. The highest BCUT2D eigenvalue weighted by Gasteiger charge is 2.31. The van der Waals surface area contributed by atoms with Crippen LogP contribution in [-0.2, 0) is 37.2 Å². The van der Waals surface area contributed by atoms with Gasteiger partial charge in [0.15, 0.2) is 6.10 Å². The Balaban J connectivity index is 4.31. The Morgan fingerprint density at radius 2 is 1.68 bits per heavy atom. The zero-order valence-corrected chi connectivity index (χ0v) is 14.8. The minimum atomic E-state index is -3.78. The Labute approximate surface area is 131 Å². The molecule has 0 aliphatic rings. The number of hydrogen-bond donors (Lipinski definition) is 0. The lowest BCUT2D eigenvalue weighted by molar-refractivity contribution is -0.164. The minimum Gasteiger partial charge on any atom is -0.460 e. The van der Waals surface area contributed by atoms with Crippen LogP contribution in [0, 0.1) is 5.92 Å². The highest BCUT2D eigenvalue weighted by atomic mass is 31.2. The van der Waals surface area contributed by atoms with Gasteiger partial charge in [0.25, 0.3) is 0 Å². The van der Waals surface area contributed by atoms with Gasteiger partial charge >= 0.3 is 19.8 Å². The van der Waals surface area contributed by atoms with Gasteiger partial charge in [0, 0.05) is 7.11 Å². The van der Waals surface area contributed by atoms with Gasteiger partial charge in [-0.15, -0.1) is 0 Å². The van der Waals surface area contributed by atoms with Crippen molar-refractivity contribution >= 4 is 19.8 Å². The molecular formula is C13H25O8P. The molecule has 3 atom stereocenters. The number of esters is 2. The number of ether oxygens (including phenoxy) is 2. The number of phosphoric ester groups is 1. The van der Waals surface area contributed by atoms with Crippen LogP contribution in [-0.4, -0.2) is 44.5 Å². The molecule has 0 fully saturated rings. The summed E-state index contributed by atoms with van der Waals surface area (Å²) in [6, 6.07) is 0. The summed E-state index contributed by atoms with van der Waals surface area (Å²) in [5.41, 5.74) is 0. The van der Waals surface area contributed by atoms with E-state index in [4.69, 9.17) is 18.5 Å². The fraction of sp³-hybridized carbons (Fsp3) is 0.846. The molecule has 0 N–H and O–H groups in total. The molecule has 22 heavy (non-hydrogen) atoms. The molecule has 0 aromatic carbocycles. The van der Waals surface area contributed by atoms with Crippen molar-refractivity contribution in [2.75, 3.05) is 20.3 Å². The van der Waals surface area contributed by atoms with Crippen LogP contribution in [0.5, 0.6) is 0 Å². The van der Waals surface area contributed by atoms with Gasteiger partial charge in [0.05, 0.1) is 12.5 Å². The van der Waals surface area contributed by atoms with Crippen LogP contribution in [0.2, 0.25) is 0 Å². The maximum Gasteiger partial charge on any atom is 0.475 e. The molecule has 0 saturated carbocycles. The zero-order chi connectivity index (χ0) is 17.3. The first-order valence-corrected chi connectivity index (χ1v) is 8.47. The van der Waals surface area contributed by atoms with Crippen molar-refractivity contribution in [3.8, 4) is 0 Å². The first-order chi connectivity index (χ1) is 10.1. The smallest absolute Gasteiger partial charge is 0.460 e. The predicted molar refractivity (Wildman–Crippen MR) is 78.1 cm³/mol. The summed E-state index contributed by atoms with van der Waals surface area (Å²) in [6.45, 7) is 7.95. The normalized spacial score (nSPS) is 16.7. The third-order valence-corrected chi connectivity index (χ3v) is 3.98. The third kappa shape index (κ3) is 7.89. The molecule has 0 aliphatic heterocycles. The number of rotatable bonds is 10. The molecule has 8 nitrogen and oxygen atoms in total. The SMILES string of the molecule is CCOP(=O)(OC)OC(C)C(=O)OCC(C)OC(=O)C(C)C. The van der Waals surface area contributed by atoms with Crippen molar-refractivity contribution in [2.45, 2.75) is 46.8 Å². The van der Waals surface area contributed by atoms with Gasteiger partial charge in [-0.3, -0.25) is 18.4 Å². The number of hydrogen-bond acceptors (Lipinski definition) is 8. The van der Waals surface area contributed by atoms with E-state index in [1.165, 1.54) is 6.92 Å². The molecule has 9 heteroatoms. The average Bonchev–Trinajstić information content (AvgIpc) is 2.44. The van der Waals surface area contributed by atoms with E-state index in [-0.39, 0.29) is 25.1 Å². The molecule has 0 heterocycles. The number of phosphoric acid groups is 1. The molecule has 0 radical (unpaired) electrons. The molecule has 0 aromatic heterocycles. The van der Waals surface area contributed by atoms with Crippen LogP contribution in [0.1, 0.15) is 34.6 Å². The molecule has 0 aliphatic carbocycles. The van der Waals surface area contributed by atoms with Gasteiger partial charge < -0.3 is 9.47 Å². The maximum atomic E-state index is 11.9. The molecule has 0 spiro atoms. The van der Waals surface area contributed by atoms with Crippen molar-refractivity contribution in [3.63, 3.8) is 0 Å². The molecular weight excluding hydrogens is 315 g/mol. The fourth-order valence-corrected chi connectivity index (χ4v) is 2.25. The van der Waals surface area contributed by atoms with E-state index in [2.05, 4.69) is 4.52 Å². The second-order valence-corrected chi connectivity index (χ2v) is 6.56. The van der Waals surface area contributed by atoms with E-state index in [0.29, 0.717) is 0 Å². The van der Waals surface area contributed by atoms with Crippen molar-refractivity contribution in [1.29, 1.82) is 0 Å². The van der Waals surface area contributed by atoms with Gasteiger partial charge in [0.2, 0.25) is 0 Å². The van der Waals surface area contributed by atoms with Crippen molar-refractivity contribution in [3.05, 3.63) is 0 Å². The number of carbonyl (C=O) groups is 2. The van der Waals surface area contributed by atoms with Crippen molar-refractivity contribution < 1.29 is 37.2 Å². The Morgan fingerprint density at radius 1 is 1.09 bits per heavy atom. The molecule has 3 unspecified atom stereocenters. The van der Waals surface area contributed by atoms with Gasteiger partial charge in [0.1, 0.15) is 12.7 Å². The highest BCUT2D eigenvalue weighted by molar-refractivity contribution is 7.48. The second-order valence-electron chi connectivity index (χ2n) is 4.83. The topological polar surface area (TPSA) is 97.4 Å². The third-order valence-electron chi connectivity index (χ3n) is 2.38. The van der Waals surface area contributed by atoms with Gasteiger partial charge in [-0.1, -0.05) is 13.8 Å². The van der Waals surface area contributed by atoms with Crippen LogP contribution in [0.15, 0.2) is 0 Å². The molecule has 130 valence electrons. The van der Waals surface area contributed by atoms with E-state index >= 15 is 0 Å². The first-order valence-electron chi connectivity index (χ1n) is 7.01. The molecule has 0 rings (SSSR count). The lowest BCUT2D eigenvalue weighted by atomic mass is 10.2. The van der Waals surface area contributed by atoms with E-state index in [1.54, 1.807) is 27.7 Å². The Hall–Kier alpha value is -0.950. The molecule has 0 amide bonds. The zero-order valence-electron chi connectivity index (χ0n) is 13.9. The lowest BCUT2D eigenvalue weighted by Gasteiger charge is -2.20. The summed E-state index contributed by atoms with van der Waals surface area (Å²) >= 11 is 0. The Morgan fingerprint density at radius 3 is 2.14 bits per heavy atom. The summed E-state index contributed by atoms with van der Waals surface area (Å²) in [4.78, 5) is 23.1. The first kappa shape index (κ1) is 21.0. The lowest BCUT2D eigenvalue weighted by Crippen LogP contribution is -2.29. The van der Waals surface area contributed by atoms with Crippen molar-refractivity contribution in [1.82, 2.24) is 0 Å². The largest absolute Gasteiger partial charge is 0.475 e. The Kier molecular flexibility index (Phi) is 9.51. The van der Waals surface area contributed by atoms with E-state index in [1.807, 2.05) is 0 Å². The highest BCUT2D eigenvalue weighted by Crippen LogP contribution is 2.49. The summed E-state index contributed by atoms with van der Waals surface area (Å²) in [5.74, 6) is -1.41. The van der Waals surface area contributed by atoms with Gasteiger partial charge in [-0.25, -0.2) is 9.36 Å². The Bertz CT molecular complexity index is 409. The molecule has 0 saturated heterocycles. The van der Waals surface area contributed by atoms with Crippen LogP contribution in [0.25, 0.3) is 0 Å². The van der Waals surface area contributed by atoms with Crippen LogP contribution in [0.4, 0.5) is 0 Å². The maximum absolute atomic E-state index is 11.9. The van der Waals surface area contributed by atoms with Gasteiger partial charge in [-0.05, 0) is 20.8 Å². The molecule has 0 aromatic rings. The van der Waals surface area contributed by atoms with Crippen molar-refractivity contribution in [2.24, 2.45) is 5.92 Å². The summed E-state index contributed by atoms with van der Waals surface area (Å²) in [6.07, 6.45) is -1.74.